The molecule has 0 bridgehead atoms. The summed E-state index contributed by atoms with van der Waals surface area (Å²) in [6.45, 7) is 6.54. The standard InChI is InChI=1S/C49H56F2N8O8S/c1-31(2)36-7-4-5-8-37(36)41-9-6-18-58(41)33-27-48(28-33)13-19-56(20-14-48)42-26-44(67-34-23-32-12-17-52-45(32)53-29-34)38(25-39(42)50)46(60)55-68(64,65)35-10-11-40(43(24-35)59(62)63)54-30-49(51)15-21-57(22-16-49)47(61)66-3/h4-5,7-8,10-12,17,23-26,29,31,33,41,54H,6,9,13-16,18-22,27-28,30H2,1-3H3,(H,52,53)(H,55,60). The summed E-state index contributed by atoms with van der Waals surface area (Å²) in [7, 11) is -3.58. The highest BCUT2D eigenvalue weighted by molar-refractivity contribution is 7.90. The van der Waals surface area contributed by atoms with Crippen LogP contribution in [0.15, 0.2) is 84.0 Å². The average Bonchev–Trinajstić information content (AvgIpc) is 4.00. The van der Waals surface area contributed by atoms with Crippen molar-refractivity contribution in [3.05, 3.63) is 112 Å². The van der Waals surface area contributed by atoms with Crippen LogP contribution < -0.4 is 19.7 Å². The largest absolute Gasteiger partial charge is 0.455 e. The number of likely N-dealkylation sites (tertiary alicyclic amines) is 2. The van der Waals surface area contributed by atoms with Gasteiger partial charge < -0.3 is 29.6 Å². The first-order chi connectivity index (χ1) is 32.5. The van der Waals surface area contributed by atoms with Crippen molar-refractivity contribution < 1.29 is 41.2 Å². The van der Waals surface area contributed by atoms with Gasteiger partial charge in [0.05, 0.1) is 34.4 Å². The van der Waals surface area contributed by atoms with E-state index < -0.39 is 54.6 Å². The van der Waals surface area contributed by atoms with Gasteiger partial charge in [0, 0.05) is 81.4 Å². The second kappa shape index (κ2) is 18.6. The van der Waals surface area contributed by atoms with E-state index in [0.717, 1.165) is 62.9 Å². The highest BCUT2D eigenvalue weighted by Crippen LogP contribution is 2.54. The molecule has 5 aromatic rings. The Labute approximate surface area is 393 Å². The number of H-pyrrole nitrogens is 1. The molecular weight excluding hydrogens is 899 g/mol. The predicted octanol–water partition coefficient (Wildman–Crippen LogP) is 9.21. The monoisotopic (exact) mass is 954 g/mol. The van der Waals surface area contributed by atoms with Crippen LogP contribution in [0.3, 0.4) is 0 Å². The minimum atomic E-state index is -4.81. The molecule has 68 heavy (non-hydrogen) atoms. The number of carbonyl (C=O) groups excluding carboxylic acids is 2. The van der Waals surface area contributed by atoms with Crippen molar-refractivity contribution in [1.82, 2.24) is 24.5 Å². The van der Waals surface area contributed by atoms with Gasteiger partial charge in [0.15, 0.2) is 0 Å². The number of fused-ring (bicyclic) bond motifs is 1. The number of hydrogen-bond donors (Lipinski definition) is 3. The number of sulfonamides is 1. The molecule has 1 spiro atoms. The third-order valence-electron chi connectivity index (χ3n) is 14.5. The van der Waals surface area contributed by atoms with Crippen molar-refractivity contribution in [2.75, 3.05) is 56.6 Å². The van der Waals surface area contributed by atoms with E-state index >= 15 is 8.78 Å². The zero-order valence-electron chi connectivity index (χ0n) is 38.3. The first kappa shape index (κ1) is 46.8. The topological polar surface area (TPSA) is 192 Å². The summed E-state index contributed by atoms with van der Waals surface area (Å²) >= 11 is 0. The maximum absolute atomic E-state index is 16.4. The fourth-order valence-electron chi connectivity index (χ4n) is 10.7. The Morgan fingerprint density at radius 3 is 2.47 bits per heavy atom. The highest BCUT2D eigenvalue weighted by atomic mass is 32.2. The van der Waals surface area contributed by atoms with Crippen LogP contribution in [-0.4, -0.2) is 103 Å². The molecule has 3 N–H and O–H groups in total. The maximum Gasteiger partial charge on any atom is 0.409 e. The van der Waals surface area contributed by atoms with Crippen LogP contribution in [0.25, 0.3) is 11.0 Å². The first-order valence-corrected chi connectivity index (χ1v) is 24.7. The number of pyridine rings is 1. The van der Waals surface area contributed by atoms with E-state index in [-0.39, 0.29) is 60.8 Å². The Bertz CT molecular complexity index is 2840. The van der Waals surface area contributed by atoms with E-state index in [1.807, 2.05) is 9.62 Å². The molecule has 4 fully saturated rings. The van der Waals surface area contributed by atoms with Gasteiger partial charge in [0.25, 0.3) is 21.6 Å². The molecule has 2 aromatic heterocycles. The van der Waals surface area contributed by atoms with Crippen LogP contribution in [0, 0.1) is 21.3 Å². The van der Waals surface area contributed by atoms with Crippen LogP contribution in [0.2, 0.25) is 0 Å². The molecule has 3 aliphatic heterocycles. The molecule has 4 aliphatic rings. The number of nitro benzene ring substituents is 1. The zero-order chi connectivity index (χ0) is 48.0. The van der Waals surface area contributed by atoms with Gasteiger partial charge in [0.1, 0.15) is 34.3 Å². The maximum atomic E-state index is 16.4. The van der Waals surface area contributed by atoms with Crippen molar-refractivity contribution >= 4 is 50.1 Å². The summed E-state index contributed by atoms with van der Waals surface area (Å²) < 4.78 is 72.4. The molecule has 1 atom stereocenters. The normalized spacial score (nSPS) is 19.5. The molecule has 1 saturated carbocycles. The minimum Gasteiger partial charge on any atom is -0.455 e. The molecule has 3 saturated heterocycles. The van der Waals surface area contributed by atoms with E-state index in [2.05, 4.69) is 58.3 Å². The molecule has 1 unspecified atom stereocenters. The van der Waals surface area contributed by atoms with Crippen molar-refractivity contribution in [3.8, 4) is 11.5 Å². The second-order valence-corrected chi connectivity index (χ2v) is 20.7. The van der Waals surface area contributed by atoms with Gasteiger partial charge in [-0.25, -0.2) is 31.7 Å². The molecule has 9 rings (SSSR count). The lowest BCUT2D eigenvalue weighted by Gasteiger charge is -2.56. The number of carbonyl (C=O) groups is 2. The number of aromatic amines is 1. The molecule has 1 aliphatic carbocycles. The summed E-state index contributed by atoms with van der Waals surface area (Å²) in [6.07, 6.45) is 8.64. The number of methoxy groups -OCH3 is 1. The molecule has 16 nitrogen and oxygen atoms in total. The number of nitro groups is 1. The van der Waals surface area contributed by atoms with Crippen LogP contribution >= 0.6 is 0 Å². The molecule has 360 valence electrons. The quantitative estimate of drug-likeness (QED) is 0.0750. The molecule has 0 radical (unpaired) electrons. The number of anilines is 2. The van der Waals surface area contributed by atoms with Crippen LogP contribution in [0.1, 0.15) is 98.7 Å². The highest BCUT2D eigenvalue weighted by Gasteiger charge is 2.50. The second-order valence-electron chi connectivity index (χ2n) is 19.0. The number of halogens is 2. The summed E-state index contributed by atoms with van der Waals surface area (Å²) in [5.74, 6) is -1.46. The molecule has 5 heterocycles. The fraction of sp³-hybridized carbons (Fsp3) is 0.449. The number of hydrogen-bond acceptors (Lipinski definition) is 12. The molecule has 19 heteroatoms. The van der Waals surface area contributed by atoms with Crippen LogP contribution in [0.4, 0.5) is 30.6 Å². The Morgan fingerprint density at radius 2 is 1.75 bits per heavy atom. The fourth-order valence-corrected chi connectivity index (χ4v) is 11.7. The molecule has 2 amide bonds. The number of rotatable bonds is 13. The lowest BCUT2D eigenvalue weighted by Crippen LogP contribution is -2.55. The number of alkyl halides is 1. The SMILES string of the molecule is COC(=O)N1CCC(F)(CNc2ccc(S(=O)(=O)NC(=O)c3cc(F)c(N4CCC5(CC4)CC(N4CCCC4c4ccccc4C(C)C)C5)cc3Oc3cnc4[nH]ccc4c3)cc2[N+](=O)[O-])CC1. The van der Waals surface area contributed by atoms with Gasteiger partial charge in [-0.2, -0.15) is 0 Å². The van der Waals surface area contributed by atoms with Gasteiger partial charge in [-0.15, -0.1) is 0 Å². The van der Waals surface area contributed by atoms with Crippen molar-refractivity contribution in [3.63, 3.8) is 0 Å². The van der Waals surface area contributed by atoms with Gasteiger partial charge in [0.2, 0.25) is 0 Å². The predicted molar refractivity (Wildman–Crippen MR) is 252 cm³/mol. The number of amides is 2. The number of piperidine rings is 2. The van der Waals surface area contributed by atoms with Crippen molar-refractivity contribution in [2.45, 2.75) is 93.8 Å². The van der Waals surface area contributed by atoms with Crippen molar-refractivity contribution in [1.29, 1.82) is 0 Å². The Kier molecular flexibility index (Phi) is 12.8. The van der Waals surface area contributed by atoms with Gasteiger partial charge >= 0.3 is 6.09 Å². The lowest BCUT2D eigenvalue weighted by molar-refractivity contribution is -0.384. The molecule has 3 aromatic carbocycles. The first-order valence-electron chi connectivity index (χ1n) is 23.2. The number of nitrogens with zero attached hydrogens (tertiary/aromatic N) is 5. The third-order valence-corrected chi connectivity index (χ3v) is 15.9. The number of ether oxygens (including phenoxy) is 2. The van der Waals surface area contributed by atoms with Crippen LogP contribution in [0.5, 0.6) is 11.5 Å². The zero-order valence-corrected chi connectivity index (χ0v) is 39.1. The smallest absolute Gasteiger partial charge is 0.409 e. The van der Waals surface area contributed by atoms with E-state index in [0.29, 0.717) is 42.1 Å². The Morgan fingerprint density at radius 1 is 1.00 bits per heavy atom. The molecular formula is C49H56F2N8O8S. The van der Waals surface area contributed by atoms with Crippen LogP contribution in [-0.2, 0) is 14.8 Å². The minimum absolute atomic E-state index is 0.0559. The van der Waals surface area contributed by atoms with Gasteiger partial charge in [-0.05, 0) is 97.9 Å². The Hall–Kier alpha value is -6.34. The van der Waals surface area contributed by atoms with E-state index in [9.17, 15) is 28.1 Å². The summed E-state index contributed by atoms with van der Waals surface area (Å²) in [4.78, 5) is 49.9. The summed E-state index contributed by atoms with van der Waals surface area (Å²) in [6, 6.07) is 18.4. The average molecular weight is 955 g/mol. The van der Waals surface area contributed by atoms with Gasteiger partial charge in [-0.1, -0.05) is 38.1 Å². The number of benzene rings is 3. The van der Waals surface area contributed by atoms with Crippen molar-refractivity contribution in [2.24, 2.45) is 5.41 Å². The number of nitrogens with one attached hydrogen (secondary N) is 3. The van der Waals surface area contributed by atoms with Gasteiger partial charge in [-0.3, -0.25) is 19.8 Å². The summed E-state index contributed by atoms with van der Waals surface area (Å²) in [5.41, 5.74) is 0.701. The van der Waals surface area contributed by atoms with E-state index in [1.54, 1.807) is 18.3 Å². The Balaban J connectivity index is 0.906. The summed E-state index contributed by atoms with van der Waals surface area (Å²) in [5, 5.41) is 15.6. The number of aromatic nitrogens is 2. The van der Waals surface area contributed by atoms with E-state index in [1.165, 1.54) is 41.8 Å². The third kappa shape index (κ3) is 9.42. The lowest BCUT2D eigenvalue weighted by atomic mass is 9.59. The van der Waals surface area contributed by atoms with E-state index in [4.69, 9.17) is 9.47 Å².